The average molecular weight is 413 g/mol. The van der Waals surface area contributed by atoms with Gasteiger partial charge in [0.25, 0.3) is 0 Å². The highest BCUT2D eigenvalue weighted by molar-refractivity contribution is 7.22. The van der Waals surface area contributed by atoms with Crippen molar-refractivity contribution in [2.45, 2.75) is 32.2 Å². The zero-order valence-corrected chi connectivity index (χ0v) is 15.2. The van der Waals surface area contributed by atoms with E-state index in [0.29, 0.717) is 11.3 Å². The Hall–Kier alpha value is -2.20. The topological polar surface area (TPSA) is 64.8 Å². The van der Waals surface area contributed by atoms with Crippen molar-refractivity contribution in [1.29, 1.82) is 5.26 Å². The number of rotatable bonds is 4. The lowest BCUT2D eigenvalue weighted by Crippen LogP contribution is -2.38. The Bertz CT molecular complexity index is 1630. The zero-order valence-electron chi connectivity index (χ0n) is 28.7. The number of nitriles is 1. The van der Waals surface area contributed by atoms with Crippen molar-refractivity contribution in [3.63, 3.8) is 0 Å². The van der Waals surface area contributed by atoms with Crippen LogP contribution in [0.4, 0.5) is 5.82 Å². The van der Waals surface area contributed by atoms with Gasteiger partial charge in [0.2, 0.25) is 0 Å². The van der Waals surface area contributed by atoms with Crippen LogP contribution in [0.15, 0.2) is 30.5 Å². The first-order valence-electron chi connectivity index (χ1n) is 15.0. The molecule has 0 aliphatic carbocycles. The molecule has 3 heterocycles. The van der Waals surface area contributed by atoms with E-state index in [0.717, 1.165) is 6.07 Å². The maximum Gasteiger partial charge on any atom is 0.162 e. The van der Waals surface area contributed by atoms with Gasteiger partial charge in [-0.15, -0.1) is 11.3 Å². The molecular formula is C20H20ClN5S. The van der Waals surface area contributed by atoms with Gasteiger partial charge in [-0.2, -0.15) is 5.26 Å². The molecule has 1 saturated heterocycles. The standard InChI is InChI=1S/C20H20ClN5S/c1-13-2-3-14(8-15(13)10-22)11-26-6-4-16(5-7-26)25-19-17-9-18(21)27-20(17)24-12-23-19/h2-3,8-9,12,16H,4-7,11H2,1H3,(H,23,24,25)/i3D,4D2,5D2,6D2,7D2,8D,9D,11D,12D,16D/hD. The third-order valence-electron chi connectivity index (χ3n) is 3.43. The summed E-state index contributed by atoms with van der Waals surface area (Å²) >= 11 is 6.69. The first kappa shape index (κ1) is 7.67. The maximum absolute atomic E-state index is 9.46. The molecule has 27 heavy (non-hydrogen) atoms. The molecule has 7 heteroatoms. The van der Waals surface area contributed by atoms with Gasteiger partial charge in [0.05, 0.1) is 26.8 Å². The number of fused-ring (bicyclic) bond motifs is 1. The van der Waals surface area contributed by atoms with Crippen molar-refractivity contribution < 1.29 is 20.6 Å². The van der Waals surface area contributed by atoms with E-state index in [1.54, 1.807) is 6.07 Å². The lowest BCUT2D eigenvalue weighted by Gasteiger charge is -2.32. The molecule has 0 radical (unpaired) electrons. The van der Waals surface area contributed by atoms with Gasteiger partial charge in [0.1, 0.15) is 18.3 Å². The first-order chi connectivity index (χ1) is 19.0. The summed E-state index contributed by atoms with van der Waals surface area (Å²) in [5.74, 6) is -0.873. The van der Waals surface area contributed by atoms with Crippen molar-refractivity contribution in [3.05, 3.63) is 51.5 Å². The summed E-state index contributed by atoms with van der Waals surface area (Å²) in [5.41, 5.74) is -0.852. The second kappa shape index (κ2) is 7.81. The Balaban J connectivity index is 2.01. The number of nitrogens with one attached hydrogen (secondary N) is 1. The summed E-state index contributed by atoms with van der Waals surface area (Å²) < 4.78 is 129. The number of thiophene rings is 1. The van der Waals surface area contributed by atoms with Crippen molar-refractivity contribution in [2.75, 3.05) is 18.3 Å². The molecule has 0 amide bonds. The van der Waals surface area contributed by atoms with Gasteiger partial charge in [0.15, 0.2) is 1.41 Å². The quantitative estimate of drug-likeness (QED) is 0.678. The second-order valence-electron chi connectivity index (χ2n) is 5.26. The van der Waals surface area contributed by atoms with Crippen molar-refractivity contribution in [1.82, 2.24) is 14.9 Å². The van der Waals surface area contributed by atoms with Crippen LogP contribution >= 0.6 is 22.9 Å². The molecule has 3 aromatic rings. The van der Waals surface area contributed by atoms with E-state index >= 15 is 0 Å². The molecular weight excluding hydrogens is 378 g/mol. The smallest absolute Gasteiger partial charge is 0.162 e. The first-order valence-corrected chi connectivity index (χ1v) is 8.68. The van der Waals surface area contributed by atoms with Crippen molar-refractivity contribution in [2.24, 2.45) is 0 Å². The highest BCUT2D eigenvalue weighted by atomic mass is 35.5. The predicted octanol–water partition coefficient (Wildman–Crippen LogP) is 4.60. The van der Waals surface area contributed by atoms with Gasteiger partial charge < -0.3 is 5.31 Å². The molecule has 1 fully saturated rings. The van der Waals surface area contributed by atoms with E-state index in [-0.39, 0.29) is 35.9 Å². The normalized spacial score (nSPS) is 33.6. The van der Waals surface area contributed by atoms with E-state index in [2.05, 4.69) is 9.97 Å². The SMILES string of the molecule is [2H]c1nc(N([2H])C2([2H])C([2H])([2H])C([2H])([2H])N(C([2H])c3c([2H])cc(C)c(C#N)c3[2H])C([2H])([2H])C2([2H])[2H])c2c([2H])c(Cl)sc2n1. The van der Waals surface area contributed by atoms with Gasteiger partial charge in [-0.3, -0.25) is 4.90 Å². The summed E-state index contributed by atoms with van der Waals surface area (Å²) in [6.45, 7) is -8.69. The van der Waals surface area contributed by atoms with Gasteiger partial charge >= 0.3 is 0 Å². The molecule has 0 spiro atoms. The fourth-order valence-electron chi connectivity index (χ4n) is 2.15. The summed E-state index contributed by atoms with van der Waals surface area (Å²) in [6, 6.07) is -2.89. The number of anilines is 1. The number of hydrogen-bond acceptors (Lipinski definition) is 6. The molecule has 1 unspecified atom stereocenters. The van der Waals surface area contributed by atoms with Crippen LogP contribution < -0.4 is 5.31 Å². The van der Waals surface area contributed by atoms with Crippen LogP contribution in [0.2, 0.25) is 5.75 Å². The van der Waals surface area contributed by atoms with Crippen molar-refractivity contribution in [3.8, 4) is 6.07 Å². The number of benzene rings is 1. The highest BCUT2D eigenvalue weighted by Crippen LogP contribution is 2.32. The lowest BCUT2D eigenvalue weighted by atomic mass is 10.0. The molecule has 0 saturated carbocycles. The summed E-state index contributed by atoms with van der Waals surface area (Å²) in [7, 11) is 0. The fourth-order valence-corrected chi connectivity index (χ4v) is 3.12. The molecule has 1 aromatic carbocycles. The molecule has 1 aliphatic rings. The molecule has 0 bridgehead atoms. The largest absolute Gasteiger partial charge is 0.367 e. The number of hydrogen-bond donors (Lipinski definition) is 1. The molecule has 2 aromatic heterocycles. The Labute approximate surface area is 188 Å². The van der Waals surface area contributed by atoms with Gasteiger partial charge in [-0.25, -0.2) is 9.97 Å². The Morgan fingerprint density at radius 1 is 1.56 bits per heavy atom. The highest BCUT2D eigenvalue weighted by Gasteiger charge is 2.20. The number of likely N-dealkylation sites (tertiary alicyclic amines) is 1. The Kier molecular flexibility index (Phi) is 2.22. The van der Waals surface area contributed by atoms with E-state index < -0.39 is 74.1 Å². The second-order valence-corrected chi connectivity index (χ2v) is 6.86. The fraction of sp³-hybridized carbons (Fsp3) is 0.350. The molecule has 138 valence electrons. The molecule has 1 atom stereocenters. The minimum absolute atomic E-state index is 0.143. The monoisotopic (exact) mass is 412 g/mol. The van der Waals surface area contributed by atoms with Crippen LogP contribution in [-0.2, 0) is 6.52 Å². The van der Waals surface area contributed by atoms with Crippen LogP contribution in [-0.4, -0.2) is 33.9 Å². The third-order valence-corrected chi connectivity index (χ3v) is 4.53. The lowest BCUT2D eigenvalue weighted by molar-refractivity contribution is 0.211. The number of aryl methyl sites for hydroxylation is 1. The van der Waals surface area contributed by atoms with E-state index in [9.17, 15) is 5.26 Å². The number of aromatic nitrogens is 2. The summed E-state index contributed by atoms with van der Waals surface area (Å²) in [6.07, 6.45) is -8.61. The van der Waals surface area contributed by atoms with E-state index in [1.165, 1.54) is 6.92 Å². The predicted molar refractivity (Wildman–Crippen MR) is 110 cm³/mol. The number of nitrogens with zero attached hydrogens (tertiary/aromatic N) is 4. The molecule has 4 rings (SSSR count). The number of piperidine rings is 1. The minimum Gasteiger partial charge on any atom is -0.367 e. The Morgan fingerprint density at radius 2 is 2.37 bits per heavy atom. The molecule has 1 N–H and O–H groups in total. The van der Waals surface area contributed by atoms with Gasteiger partial charge in [0, 0.05) is 37.9 Å². The van der Waals surface area contributed by atoms with Crippen LogP contribution in [0.25, 0.3) is 10.2 Å². The van der Waals surface area contributed by atoms with Gasteiger partial charge in [-0.1, -0.05) is 23.7 Å². The average Bonchev–Trinajstić information content (AvgIpc) is 3.13. The summed E-state index contributed by atoms with van der Waals surface area (Å²) in [4.78, 5) is 7.11. The maximum atomic E-state index is 9.46. The van der Waals surface area contributed by atoms with Crippen LogP contribution in [0.3, 0.4) is 0 Å². The van der Waals surface area contributed by atoms with E-state index in [4.69, 9.17) is 32.2 Å². The third kappa shape index (κ3) is 4.06. The van der Waals surface area contributed by atoms with Crippen LogP contribution in [0.1, 0.15) is 48.6 Å². The Morgan fingerprint density at radius 3 is 3.15 bits per heavy atom. The summed E-state index contributed by atoms with van der Waals surface area (Å²) in [5, 5.41) is 8.84. The van der Waals surface area contributed by atoms with Gasteiger partial charge in [-0.05, 0) is 42.9 Å². The molecule has 5 nitrogen and oxygen atoms in total. The number of halogens is 1. The minimum atomic E-state index is -3.91. The van der Waals surface area contributed by atoms with Crippen LogP contribution in [0.5, 0.6) is 0 Å². The zero-order chi connectivity index (χ0) is 32.1. The van der Waals surface area contributed by atoms with Crippen molar-refractivity contribution >= 4 is 39.0 Å². The van der Waals surface area contributed by atoms with E-state index in [1.807, 2.05) is 0 Å². The van der Waals surface area contributed by atoms with Crippen LogP contribution in [0, 0.1) is 18.3 Å². The molecule has 1 aliphatic heterocycles.